The fraction of sp³-hybridized carbons (Fsp3) is 0.118. The lowest BCUT2D eigenvalue weighted by molar-refractivity contribution is 0.0951. The van der Waals surface area contributed by atoms with Gasteiger partial charge in [-0.1, -0.05) is 6.07 Å². The largest absolute Gasteiger partial charge is 0.461 e. The van der Waals surface area contributed by atoms with Gasteiger partial charge in [-0.15, -0.1) is 0 Å². The number of anilines is 1. The number of benzene rings is 1. The van der Waals surface area contributed by atoms with Crippen LogP contribution in [0.5, 0.6) is 0 Å². The van der Waals surface area contributed by atoms with Gasteiger partial charge in [0, 0.05) is 13.1 Å². The molecule has 2 N–H and O–H groups in total. The fourth-order valence-electron chi connectivity index (χ4n) is 2.23. The van der Waals surface area contributed by atoms with Gasteiger partial charge in [-0.05, 0) is 24.3 Å². The van der Waals surface area contributed by atoms with E-state index in [9.17, 15) is 9.18 Å². The van der Waals surface area contributed by atoms with Gasteiger partial charge in [-0.25, -0.2) is 9.37 Å². The van der Waals surface area contributed by atoms with Gasteiger partial charge in [0.25, 0.3) is 5.91 Å². The first kappa shape index (κ1) is 16.3. The molecule has 0 aliphatic heterocycles. The van der Waals surface area contributed by atoms with Crippen molar-refractivity contribution >= 4 is 11.6 Å². The van der Waals surface area contributed by atoms with Gasteiger partial charge in [0.05, 0.1) is 12.0 Å². The highest BCUT2D eigenvalue weighted by Crippen LogP contribution is 2.23. The number of hydrogen-bond acceptors (Lipinski definition) is 6. The number of amides is 1. The molecule has 0 atom stereocenters. The second kappa shape index (κ2) is 7.31. The number of carbonyl (C=O) groups excluding carboxylic acids is 1. The lowest BCUT2D eigenvalue weighted by atomic mass is 10.2. The van der Waals surface area contributed by atoms with Gasteiger partial charge in [0.2, 0.25) is 5.76 Å². The molecule has 3 rings (SSSR count). The van der Waals surface area contributed by atoms with Gasteiger partial charge in [-0.2, -0.15) is 5.26 Å². The SMILES string of the molecule is N#Cc1c(F)cccc1NCCNC(=O)c1ncoc1-c1ccco1. The Bertz CT molecular complexity index is 912. The molecular formula is C17H13FN4O3. The number of nitrogens with one attached hydrogen (secondary N) is 2. The number of rotatable bonds is 6. The Balaban J connectivity index is 1.57. The molecule has 0 fully saturated rings. The summed E-state index contributed by atoms with van der Waals surface area (Å²) in [5.74, 6) is -0.379. The molecule has 25 heavy (non-hydrogen) atoms. The summed E-state index contributed by atoms with van der Waals surface area (Å²) < 4.78 is 23.9. The maximum absolute atomic E-state index is 13.5. The van der Waals surface area contributed by atoms with Crippen molar-refractivity contribution in [1.29, 1.82) is 5.26 Å². The maximum Gasteiger partial charge on any atom is 0.274 e. The summed E-state index contributed by atoms with van der Waals surface area (Å²) in [5.41, 5.74) is 0.415. The van der Waals surface area contributed by atoms with Crippen molar-refractivity contribution in [3.8, 4) is 17.6 Å². The highest BCUT2D eigenvalue weighted by molar-refractivity contribution is 5.97. The van der Waals surface area contributed by atoms with E-state index in [-0.39, 0.29) is 23.6 Å². The molecule has 7 nitrogen and oxygen atoms in total. The molecule has 0 unspecified atom stereocenters. The van der Waals surface area contributed by atoms with Crippen LogP contribution in [0.2, 0.25) is 0 Å². The van der Waals surface area contributed by atoms with Crippen LogP contribution in [0.4, 0.5) is 10.1 Å². The quantitative estimate of drug-likeness (QED) is 0.669. The number of hydrogen-bond donors (Lipinski definition) is 2. The zero-order valence-electron chi connectivity index (χ0n) is 13.0. The normalized spacial score (nSPS) is 10.2. The standard InChI is InChI=1S/C17H13FN4O3/c18-12-3-1-4-13(11(12)9-19)20-6-7-21-17(23)15-16(25-10-22-15)14-5-2-8-24-14/h1-5,8,10,20H,6-7H2,(H,21,23). The van der Waals surface area contributed by atoms with Crippen LogP contribution in [-0.4, -0.2) is 24.0 Å². The zero-order chi connectivity index (χ0) is 17.6. The van der Waals surface area contributed by atoms with Crippen molar-refractivity contribution < 1.29 is 18.0 Å². The Labute approximate surface area is 142 Å². The number of halogens is 1. The molecule has 3 aromatic rings. The molecule has 8 heteroatoms. The zero-order valence-corrected chi connectivity index (χ0v) is 13.0. The first-order valence-corrected chi connectivity index (χ1v) is 7.38. The average molecular weight is 340 g/mol. The molecule has 0 aliphatic carbocycles. The summed E-state index contributed by atoms with van der Waals surface area (Å²) in [6.07, 6.45) is 2.63. The third-order valence-corrected chi connectivity index (χ3v) is 3.38. The highest BCUT2D eigenvalue weighted by atomic mass is 19.1. The molecule has 1 aromatic carbocycles. The Hall–Kier alpha value is -3.60. The van der Waals surface area contributed by atoms with Crippen molar-refractivity contribution in [2.45, 2.75) is 0 Å². The predicted octanol–water partition coefficient (Wildman–Crippen LogP) is 2.79. The smallest absolute Gasteiger partial charge is 0.274 e. The number of nitrogens with zero attached hydrogens (tertiary/aromatic N) is 2. The van der Waals surface area contributed by atoms with Crippen LogP contribution in [0, 0.1) is 17.1 Å². The van der Waals surface area contributed by atoms with Crippen molar-refractivity contribution in [2.24, 2.45) is 0 Å². The molecular weight excluding hydrogens is 327 g/mol. The third kappa shape index (κ3) is 3.50. The van der Waals surface area contributed by atoms with E-state index in [0.29, 0.717) is 18.0 Å². The van der Waals surface area contributed by atoms with Crippen LogP contribution in [0.1, 0.15) is 16.1 Å². The summed E-state index contributed by atoms with van der Waals surface area (Å²) in [4.78, 5) is 16.1. The van der Waals surface area contributed by atoms with Crippen LogP contribution in [0.25, 0.3) is 11.5 Å². The third-order valence-electron chi connectivity index (χ3n) is 3.38. The minimum Gasteiger partial charge on any atom is -0.461 e. The Morgan fingerprint density at radius 1 is 1.24 bits per heavy atom. The van der Waals surface area contributed by atoms with E-state index >= 15 is 0 Å². The summed E-state index contributed by atoms with van der Waals surface area (Å²) in [6, 6.07) is 9.45. The monoisotopic (exact) mass is 340 g/mol. The molecule has 0 bridgehead atoms. The van der Waals surface area contributed by atoms with E-state index in [0.717, 1.165) is 6.39 Å². The van der Waals surface area contributed by atoms with E-state index in [4.69, 9.17) is 14.1 Å². The molecule has 1 amide bonds. The van der Waals surface area contributed by atoms with Crippen LogP contribution < -0.4 is 10.6 Å². The second-order valence-corrected chi connectivity index (χ2v) is 4.96. The van der Waals surface area contributed by atoms with E-state index in [1.165, 1.54) is 18.4 Å². The lowest BCUT2D eigenvalue weighted by Gasteiger charge is -2.09. The van der Waals surface area contributed by atoms with Crippen LogP contribution >= 0.6 is 0 Å². The van der Waals surface area contributed by atoms with Crippen LogP contribution in [0.15, 0.2) is 51.8 Å². The number of carbonyl (C=O) groups is 1. The lowest BCUT2D eigenvalue weighted by Crippen LogP contribution is -2.29. The predicted molar refractivity (Wildman–Crippen MR) is 86.1 cm³/mol. The van der Waals surface area contributed by atoms with Crippen LogP contribution in [0.3, 0.4) is 0 Å². The van der Waals surface area contributed by atoms with Gasteiger partial charge in [-0.3, -0.25) is 4.79 Å². The van der Waals surface area contributed by atoms with E-state index < -0.39 is 11.7 Å². The van der Waals surface area contributed by atoms with Crippen molar-refractivity contribution in [2.75, 3.05) is 18.4 Å². The summed E-state index contributed by atoms with van der Waals surface area (Å²) in [5, 5.41) is 14.5. The van der Waals surface area contributed by atoms with Crippen molar-refractivity contribution in [3.63, 3.8) is 0 Å². The summed E-state index contributed by atoms with van der Waals surface area (Å²) >= 11 is 0. The average Bonchev–Trinajstić information content (AvgIpc) is 3.29. The number of furan rings is 1. The summed E-state index contributed by atoms with van der Waals surface area (Å²) in [6.45, 7) is 0.544. The molecule has 0 saturated heterocycles. The Kier molecular flexibility index (Phi) is 4.76. The summed E-state index contributed by atoms with van der Waals surface area (Å²) in [7, 11) is 0. The maximum atomic E-state index is 13.5. The van der Waals surface area contributed by atoms with Gasteiger partial charge in [0.15, 0.2) is 17.8 Å². The van der Waals surface area contributed by atoms with Crippen molar-refractivity contribution in [1.82, 2.24) is 10.3 Å². The molecule has 0 saturated carbocycles. The Morgan fingerprint density at radius 2 is 2.12 bits per heavy atom. The first-order valence-electron chi connectivity index (χ1n) is 7.38. The van der Waals surface area contributed by atoms with E-state index in [1.807, 2.05) is 0 Å². The van der Waals surface area contributed by atoms with E-state index in [2.05, 4.69) is 15.6 Å². The minimum atomic E-state index is -0.595. The second-order valence-electron chi connectivity index (χ2n) is 4.96. The van der Waals surface area contributed by atoms with Gasteiger partial charge in [0.1, 0.15) is 17.4 Å². The van der Waals surface area contributed by atoms with Gasteiger partial charge >= 0.3 is 0 Å². The van der Waals surface area contributed by atoms with Crippen molar-refractivity contribution in [3.05, 3.63) is 60.1 Å². The number of oxazole rings is 1. The molecule has 2 heterocycles. The molecule has 0 radical (unpaired) electrons. The molecule has 0 aliphatic rings. The topological polar surface area (TPSA) is 104 Å². The highest BCUT2D eigenvalue weighted by Gasteiger charge is 2.19. The Morgan fingerprint density at radius 3 is 2.88 bits per heavy atom. The fourth-order valence-corrected chi connectivity index (χ4v) is 2.23. The molecule has 2 aromatic heterocycles. The van der Waals surface area contributed by atoms with Crippen LogP contribution in [-0.2, 0) is 0 Å². The minimum absolute atomic E-state index is 0.0644. The number of nitriles is 1. The molecule has 0 spiro atoms. The van der Waals surface area contributed by atoms with Gasteiger partial charge < -0.3 is 19.5 Å². The molecule has 126 valence electrons. The van der Waals surface area contributed by atoms with E-state index in [1.54, 1.807) is 24.3 Å². The first-order chi connectivity index (χ1) is 12.2. The number of aromatic nitrogens is 1.